The number of rotatable bonds is 7. The number of hydrogen-bond donors (Lipinski definition) is 1. The van der Waals surface area contributed by atoms with Crippen LogP contribution in [0.3, 0.4) is 0 Å². The predicted octanol–water partition coefficient (Wildman–Crippen LogP) is 3.30. The van der Waals surface area contributed by atoms with Gasteiger partial charge in [0.05, 0.1) is 24.0 Å². The second-order valence-electron chi connectivity index (χ2n) is 7.84. The maximum Gasteiger partial charge on any atom is 0.132 e. The Morgan fingerprint density at radius 2 is 2.00 bits per heavy atom. The minimum absolute atomic E-state index is 0.0895. The van der Waals surface area contributed by atoms with E-state index in [4.69, 9.17) is 9.97 Å². The molecule has 0 saturated carbocycles. The van der Waals surface area contributed by atoms with Crippen LogP contribution in [-0.2, 0) is 12.8 Å². The lowest BCUT2D eigenvalue weighted by Gasteiger charge is -2.25. The first-order valence-corrected chi connectivity index (χ1v) is 10.4. The van der Waals surface area contributed by atoms with Crippen molar-refractivity contribution in [3.05, 3.63) is 77.5 Å². The zero-order valence-electron chi connectivity index (χ0n) is 17.1. The lowest BCUT2D eigenvalue weighted by molar-refractivity contribution is 0.266. The molecule has 1 aliphatic heterocycles. The molecule has 30 heavy (non-hydrogen) atoms. The van der Waals surface area contributed by atoms with Crippen molar-refractivity contribution in [2.75, 3.05) is 18.1 Å². The second-order valence-corrected chi connectivity index (χ2v) is 7.84. The van der Waals surface area contributed by atoms with Gasteiger partial charge >= 0.3 is 0 Å². The predicted molar refractivity (Wildman–Crippen MR) is 113 cm³/mol. The molecule has 1 saturated heterocycles. The molecule has 3 heterocycles. The normalized spacial score (nSPS) is 17.3. The van der Waals surface area contributed by atoms with E-state index in [-0.39, 0.29) is 24.4 Å². The first-order chi connectivity index (χ1) is 14.6. The Balaban J connectivity index is 1.63. The fraction of sp³-hybridized carbons (Fsp3) is 0.391. The minimum atomic E-state index is -0.237. The van der Waals surface area contributed by atoms with Crippen LogP contribution in [0.25, 0.3) is 0 Å². The highest BCUT2D eigenvalue weighted by Gasteiger charge is 2.26. The van der Waals surface area contributed by atoms with Gasteiger partial charge in [0.2, 0.25) is 0 Å². The highest BCUT2D eigenvalue weighted by molar-refractivity contribution is 5.43. The van der Waals surface area contributed by atoms with Crippen LogP contribution in [0, 0.1) is 5.82 Å². The van der Waals surface area contributed by atoms with Gasteiger partial charge in [-0.15, -0.1) is 0 Å². The van der Waals surface area contributed by atoms with Crippen molar-refractivity contribution in [2.24, 2.45) is 0 Å². The van der Waals surface area contributed by atoms with E-state index in [9.17, 15) is 9.50 Å². The van der Waals surface area contributed by atoms with Crippen LogP contribution in [0.5, 0.6) is 0 Å². The van der Waals surface area contributed by atoms with Crippen LogP contribution in [0.4, 0.5) is 10.2 Å². The summed E-state index contributed by atoms with van der Waals surface area (Å²) in [4.78, 5) is 20.3. The lowest BCUT2D eigenvalue weighted by Crippen LogP contribution is -2.33. The van der Waals surface area contributed by atoms with E-state index in [0.29, 0.717) is 12.8 Å². The van der Waals surface area contributed by atoms with Crippen molar-refractivity contribution in [3.8, 4) is 0 Å². The fourth-order valence-corrected chi connectivity index (χ4v) is 3.98. The van der Waals surface area contributed by atoms with Gasteiger partial charge in [0, 0.05) is 44.0 Å². The molecule has 1 aromatic carbocycles. The molecule has 0 amide bonds. The average Bonchev–Trinajstić information content (AvgIpc) is 3.24. The van der Waals surface area contributed by atoms with Crippen LogP contribution >= 0.6 is 0 Å². The third-order valence-electron chi connectivity index (χ3n) is 5.60. The summed E-state index contributed by atoms with van der Waals surface area (Å²) >= 11 is 0. The molecule has 0 spiro atoms. The van der Waals surface area contributed by atoms with Crippen molar-refractivity contribution in [1.82, 2.24) is 19.9 Å². The number of hydrogen-bond acceptors (Lipinski definition) is 6. The zero-order valence-corrected chi connectivity index (χ0v) is 17.1. The van der Waals surface area contributed by atoms with Crippen LogP contribution < -0.4 is 4.90 Å². The van der Waals surface area contributed by atoms with E-state index in [0.717, 1.165) is 48.0 Å². The molecule has 1 fully saturated rings. The van der Waals surface area contributed by atoms with Gasteiger partial charge in [-0.1, -0.05) is 19.1 Å². The largest absolute Gasteiger partial charge is 0.394 e. The van der Waals surface area contributed by atoms with Gasteiger partial charge in [-0.3, -0.25) is 9.97 Å². The number of aliphatic hydroxyl groups is 1. The Hall–Kier alpha value is -2.93. The third kappa shape index (κ3) is 4.79. The standard InChI is InChI=1S/C23H26FN5O/c1-16(17-4-6-18(24)7-5-17)11-22-27-19(12-20-14-25-8-9-26-20)13-23(28-22)29-10-2-3-21(29)15-30/h4-9,13-14,16,21,30H,2-3,10-12,15H2,1H3/t16-,21+/m1/s1. The van der Waals surface area contributed by atoms with E-state index in [2.05, 4.69) is 21.8 Å². The van der Waals surface area contributed by atoms with Crippen molar-refractivity contribution >= 4 is 5.82 Å². The van der Waals surface area contributed by atoms with Crippen LogP contribution in [0.1, 0.15) is 48.5 Å². The van der Waals surface area contributed by atoms with Gasteiger partial charge < -0.3 is 10.0 Å². The molecule has 156 valence electrons. The Bertz CT molecular complexity index is 967. The summed E-state index contributed by atoms with van der Waals surface area (Å²) in [5.41, 5.74) is 2.78. The molecule has 6 nitrogen and oxygen atoms in total. The quantitative estimate of drug-likeness (QED) is 0.648. The number of benzene rings is 1. The maximum absolute atomic E-state index is 13.3. The third-order valence-corrected chi connectivity index (χ3v) is 5.60. The summed E-state index contributed by atoms with van der Waals surface area (Å²) in [7, 11) is 0. The number of aliphatic hydroxyl groups excluding tert-OH is 1. The molecule has 2 aromatic heterocycles. The topological polar surface area (TPSA) is 75.0 Å². The Morgan fingerprint density at radius 1 is 1.17 bits per heavy atom. The molecule has 2 atom stereocenters. The Morgan fingerprint density at radius 3 is 2.73 bits per heavy atom. The van der Waals surface area contributed by atoms with E-state index in [1.807, 2.05) is 18.2 Å². The van der Waals surface area contributed by atoms with Crippen LogP contribution in [-0.4, -0.2) is 44.2 Å². The fourth-order valence-electron chi connectivity index (χ4n) is 3.98. The smallest absolute Gasteiger partial charge is 0.132 e. The second kappa shape index (κ2) is 9.26. The van der Waals surface area contributed by atoms with Gasteiger partial charge in [-0.2, -0.15) is 0 Å². The first kappa shape index (κ1) is 20.3. The zero-order chi connectivity index (χ0) is 20.9. The molecule has 0 bridgehead atoms. The number of anilines is 1. The van der Waals surface area contributed by atoms with Gasteiger partial charge in [-0.25, -0.2) is 14.4 Å². The summed E-state index contributed by atoms with van der Waals surface area (Å²) in [5, 5.41) is 9.75. The van der Waals surface area contributed by atoms with Gasteiger partial charge in [0.1, 0.15) is 17.5 Å². The van der Waals surface area contributed by atoms with Gasteiger partial charge in [0.15, 0.2) is 0 Å². The highest BCUT2D eigenvalue weighted by Crippen LogP contribution is 2.26. The minimum Gasteiger partial charge on any atom is -0.394 e. The average molecular weight is 407 g/mol. The summed E-state index contributed by atoms with van der Waals surface area (Å²) in [6, 6.07) is 8.68. The van der Waals surface area contributed by atoms with Crippen molar-refractivity contribution < 1.29 is 9.50 Å². The maximum atomic E-state index is 13.3. The Labute approximate surface area is 175 Å². The van der Waals surface area contributed by atoms with Crippen molar-refractivity contribution in [3.63, 3.8) is 0 Å². The molecule has 1 N–H and O–H groups in total. The lowest BCUT2D eigenvalue weighted by atomic mass is 9.97. The van der Waals surface area contributed by atoms with E-state index in [1.165, 1.54) is 12.1 Å². The van der Waals surface area contributed by atoms with Crippen LogP contribution in [0.2, 0.25) is 0 Å². The number of halogens is 1. The molecule has 4 rings (SSSR count). The van der Waals surface area contributed by atoms with Gasteiger partial charge in [0.25, 0.3) is 0 Å². The van der Waals surface area contributed by atoms with Crippen LogP contribution in [0.15, 0.2) is 48.9 Å². The number of aromatic nitrogens is 4. The summed E-state index contributed by atoms with van der Waals surface area (Å²) in [6.07, 6.45) is 8.29. The highest BCUT2D eigenvalue weighted by atomic mass is 19.1. The molecule has 0 aliphatic carbocycles. The molecule has 0 radical (unpaired) electrons. The Kier molecular flexibility index (Phi) is 6.28. The molecule has 0 unspecified atom stereocenters. The SMILES string of the molecule is C[C@H](Cc1nc(Cc2cnccn2)cc(N2CCC[C@H]2CO)n1)c1ccc(F)cc1. The summed E-state index contributed by atoms with van der Waals surface area (Å²) in [6.45, 7) is 3.09. The van der Waals surface area contributed by atoms with E-state index >= 15 is 0 Å². The van der Waals surface area contributed by atoms with E-state index < -0.39 is 0 Å². The molecule has 3 aromatic rings. The molecule has 1 aliphatic rings. The van der Waals surface area contributed by atoms with Crippen molar-refractivity contribution in [2.45, 2.75) is 44.6 Å². The summed E-state index contributed by atoms with van der Waals surface area (Å²) in [5.74, 6) is 1.51. The molecular weight excluding hydrogens is 381 g/mol. The molecular formula is C23H26FN5O. The summed E-state index contributed by atoms with van der Waals surface area (Å²) < 4.78 is 13.3. The number of nitrogens with zero attached hydrogens (tertiary/aromatic N) is 5. The van der Waals surface area contributed by atoms with Gasteiger partial charge in [-0.05, 0) is 36.5 Å². The monoisotopic (exact) mass is 407 g/mol. The van der Waals surface area contributed by atoms with E-state index in [1.54, 1.807) is 18.6 Å². The first-order valence-electron chi connectivity index (χ1n) is 10.4. The van der Waals surface area contributed by atoms with Crippen molar-refractivity contribution in [1.29, 1.82) is 0 Å². The molecule has 7 heteroatoms.